The van der Waals surface area contributed by atoms with Crippen molar-refractivity contribution in [2.24, 2.45) is 0 Å². The summed E-state index contributed by atoms with van der Waals surface area (Å²) in [7, 11) is 0. The van der Waals surface area contributed by atoms with E-state index in [4.69, 9.17) is 4.74 Å². The van der Waals surface area contributed by atoms with E-state index in [1.807, 2.05) is 54.7 Å². The van der Waals surface area contributed by atoms with Crippen molar-refractivity contribution in [2.75, 3.05) is 31.6 Å². The summed E-state index contributed by atoms with van der Waals surface area (Å²) in [6, 6.07) is 15.9. The lowest BCUT2D eigenvalue weighted by molar-refractivity contribution is 0.147. The Bertz CT molecular complexity index is 815. The normalized spacial score (nSPS) is 14.3. The molecular weight excluding hydrogens is 300 g/mol. The van der Waals surface area contributed by atoms with Gasteiger partial charge in [-0.05, 0) is 49.8 Å². The molecule has 1 aliphatic heterocycles. The van der Waals surface area contributed by atoms with Crippen LogP contribution in [-0.2, 0) is 0 Å². The largest absolute Gasteiger partial charge is 0.492 e. The zero-order chi connectivity index (χ0) is 16.2. The van der Waals surface area contributed by atoms with Gasteiger partial charge in [0.15, 0.2) is 0 Å². The zero-order valence-corrected chi connectivity index (χ0v) is 13.5. The Labute approximate surface area is 141 Å². The summed E-state index contributed by atoms with van der Waals surface area (Å²) in [6.07, 6.45) is 3.15. The molecule has 24 heavy (non-hydrogen) atoms. The molecule has 0 aliphatic carbocycles. The van der Waals surface area contributed by atoms with Gasteiger partial charge in [0.25, 0.3) is 0 Å². The molecule has 0 bridgehead atoms. The molecule has 0 amide bonds. The number of para-hydroxylation sites is 1. The molecule has 3 aromatic rings. The first-order valence-corrected chi connectivity index (χ1v) is 8.31. The monoisotopic (exact) mass is 320 g/mol. The van der Waals surface area contributed by atoms with Crippen molar-refractivity contribution in [3.63, 3.8) is 0 Å². The van der Waals surface area contributed by atoms with Crippen LogP contribution in [0.15, 0.2) is 54.7 Å². The highest BCUT2D eigenvalue weighted by Gasteiger charge is 2.12. The van der Waals surface area contributed by atoms with Gasteiger partial charge in [0.05, 0.1) is 5.52 Å². The van der Waals surface area contributed by atoms with Crippen LogP contribution in [0.4, 0.5) is 11.6 Å². The quantitative estimate of drug-likeness (QED) is 0.754. The second kappa shape index (κ2) is 6.84. The summed E-state index contributed by atoms with van der Waals surface area (Å²) >= 11 is 0. The van der Waals surface area contributed by atoms with E-state index in [-0.39, 0.29) is 0 Å². The Hall–Kier alpha value is -2.66. The molecule has 1 aliphatic rings. The van der Waals surface area contributed by atoms with Crippen LogP contribution in [0.1, 0.15) is 6.42 Å². The number of fused-ring (bicyclic) bond motifs is 1. The number of hydrogen-bond acceptors (Lipinski definition) is 5. The van der Waals surface area contributed by atoms with Gasteiger partial charge in [-0.1, -0.05) is 18.2 Å². The van der Waals surface area contributed by atoms with Crippen LogP contribution < -0.4 is 10.1 Å². The number of nitrogens with one attached hydrogen (secondary N) is 1. The summed E-state index contributed by atoms with van der Waals surface area (Å²) in [5, 5.41) is 4.27. The molecule has 0 atom stereocenters. The first kappa shape index (κ1) is 14.9. The predicted octanol–water partition coefficient (Wildman–Crippen LogP) is 3.46. The van der Waals surface area contributed by atoms with Gasteiger partial charge in [0.1, 0.15) is 12.4 Å². The second-order valence-electron chi connectivity index (χ2n) is 5.95. The highest BCUT2D eigenvalue weighted by Crippen LogP contribution is 2.19. The molecule has 0 saturated carbocycles. The summed E-state index contributed by atoms with van der Waals surface area (Å²) in [5.41, 5.74) is 1.88. The van der Waals surface area contributed by atoms with Crippen LogP contribution in [0.3, 0.4) is 0 Å². The van der Waals surface area contributed by atoms with E-state index in [0.717, 1.165) is 35.5 Å². The number of benzene rings is 2. The highest BCUT2D eigenvalue weighted by molar-refractivity contribution is 5.78. The van der Waals surface area contributed by atoms with Crippen LogP contribution >= 0.6 is 0 Å². The molecule has 0 spiro atoms. The van der Waals surface area contributed by atoms with Gasteiger partial charge < -0.3 is 10.1 Å². The fraction of sp³-hybridized carbons (Fsp3) is 0.263. The molecule has 1 aromatic heterocycles. The van der Waals surface area contributed by atoms with Crippen LogP contribution in [0.25, 0.3) is 10.9 Å². The van der Waals surface area contributed by atoms with E-state index in [1.54, 1.807) is 0 Å². The third kappa shape index (κ3) is 3.46. The van der Waals surface area contributed by atoms with Crippen molar-refractivity contribution in [3.8, 4) is 5.75 Å². The minimum absolute atomic E-state index is 0.597. The predicted molar refractivity (Wildman–Crippen MR) is 95.8 cm³/mol. The Kier molecular flexibility index (Phi) is 4.25. The van der Waals surface area contributed by atoms with Gasteiger partial charge in [0, 0.05) is 23.8 Å². The van der Waals surface area contributed by atoms with Crippen LogP contribution in [0.5, 0.6) is 5.75 Å². The maximum atomic E-state index is 5.77. The fourth-order valence-electron chi connectivity index (χ4n) is 2.69. The fourth-order valence-corrected chi connectivity index (χ4v) is 2.69. The minimum atomic E-state index is 0.597. The molecule has 0 unspecified atom stereocenters. The van der Waals surface area contributed by atoms with Crippen LogP contribution in [0.2, 0.25) is 0 Å². The van der Waals surface area contributed by atoms with E-state index in [1.165, 1.54) is 19.5 Å². The summed E-state index contributed by atoms with van der Waals surface area (Å²) in [5.74, 6) is 1.49. The molecule has 5 heteroatoms. The van der Waals surface area contributed by atoms with E-state index in [9.17, 15) is 0 Å². The number of ether oxygens (including phenoxy) is 1. The molecule has 1 fully saturated rings. The van der Waals surface area contributed by atoms with E-state index in [2.05, 4.69) is 20.2 Å². The van der Waals surface area contributed by atoms with Crippen molar-refractivity contribution in [3.05, 3.63) is 54.7 Å². The Balaban J connectivity index is 1.36. The minimum Gasteiger partial charge on any atom is -0.492 e. The molecule has 0 radical (unpaired) electrons. The van der Waals surface area contributed by atoms with Gasteiger partial charge in [0.2, 0.25) is 5.95 Å². The second-order valence-corrected chi connectivity index (χ2v) is 5.95. The summed E-state index contributed by atoms with van der Waals surface area (Å²) in [4.78, 5) is 11.3. The smallest absolute Gasteiger partial charge is 0.227 e. The molecule has 4 rings (SSSR count). The SMILES string of the molecule is c1ccc2nc(Nc3ccc(OCCN4CCC4)cc3)ncc2c1. The third-order valence-corrected chi connectivity index (χ3v) is 4.22. The number of hydrogen-bond donors (Lipinski definition) is 1. The van der Waals surface area contributed by atoms with Crippen molar-refractivity contribution < 1.29 is 4.74 Å². The van der Waals surface area contributed by atoms with Crippen molar-refractivity contribution in [1.82, 2.24) is 14.9 Å². The Morgan fingerprint density at radius 2 is 1.88 bits per heavy atom. The average Bonchev–Trinajstić information content (AvgIpc) is 2.58. The first-order chi connectivity index (χ1) is 11.9. The van der Waals surface area contributed by atoms with E-state index < -0.39 is 0 Å². The highest BCUT2D eigenvalue weighted by atomic mass is 16.5. The molecule has 2 heterocycles. The molecular formula is C19H20N4O. The van der Waals surface area contributed by atoms with E-state index in [0.29, 0.717) is 5.95 Å². The van der Waals surface area contributed by atoms with Gasteiger partial charge in [-0.15, -0.1) is 0 Å². The number of nitrogens with zero attached hydrogens (tertiary/aromatic N) is 3. The lowest BCUT2D eigenvalue weighted by atomic mass is 10.2. The lowest BCUT2D eigenvalue weighted by Gasteiger charge is -2.30. The van der Waals surface area contributed by atoms with Gasteiger partial charge >= 0.3 is 0 Å². The zero-order valence-electron chi connectivity index (χ0n) is 13.5. The number of rotatable bonds is 6. The lowest BCUT2D eigenvalue weighted by Crippen LogP contribution is -2.39. The van der Waals surface area contributed by atoms with Gasteiger partial charge in [-0.2, -0.15) is 0 Å². The Morgan fingerprint density at radius 1 is 1.04 bits per heavy atom. The molecule has 5 nitrogen and oxygen atoms in total. The molecule has 1 N–H and O–H groups in total. The molecule has 1 saturated heterocycles. The summed E-state index contributed by atoms with van der Waals surface area (Å²) < 4.78 is 5.77. The van der Waals surface area contributed by atoms with E-state index >= 15 is 0 Å². The van der Waals surface area contributed by atoms with Gasteiger partial charge in [-0.25, -0.2) is 9.97 Å². The van der Waals surface area contributed by atoms with Crippen molar-refractivity contribution in [2.45, 2.75) is 6.42 Å². The number of aromatic nitrogens is 2. The van der Waals surface area contributed by atoms with Crippen LogP contribution in [0, 0.1) is 0 Å². The van der Waals surface area contributed by atoms with Gasteiger partial charge in [-0.3, -0.25) is 4.90 Å². The number of likely N-dealkylation sites (tertiary alicyclic amines) is 1. The topological polar surface area (TPSA) is 50.3 Å². The van der Waals surface area contributed by atoms with Crippen LogP contribution in [-0.4, -0.2) is 41.1 Å². The molecule has 122 valence electrons. The maximum Gasteiger partial charge on any atom is 0.227 e. The average molecular weight is 320 g/mol. The number of anilines is 2. The maximum absolute atomic E-state index is 5.77. The van der Waals surface area contributed by atoms with Crippen molar-refractivity contribution in [1.29, 1.82) is 0 Å². The third-order valence-electron chi connectivity index (χ3n) is 4.22. The Morgan fingerprint density at radius 3 is 2.67 bits per heavy atom. The standard InChI is InChI=1S/C19H20N4O/c1-2-5-18-15(4-1)14-20-19(22-18)21-16-6-8-17(9-7-16)24-13-12-23-10-3-11-23/h1-2,4-9,14H,3,10-13H2,(H,20,21,22). The van der Waals surface area contributed by atoms with Crippen molar-refractivity contribution >= 4 is 22.5 Å². The molecule has 2 aromatic carbocycles. The first-order valence-electron chi connectivity index (χ1n) is 8.31. The summed E-state index contributed by atoms with van der Waals surface area (Å²) in [6.45, 7) is 4.15.